The summed E-state index contributed by atoms with van der Waals surface area (Å²) in [6.07, 6.45) is -4.48. The maximum Gasteiger partial charge on any atom is 0.405 e. The fourth-order valence-corrected chi connectivity index (χ4v) is 2.26. The Morgan fingerprint density at radius 1 is 1.58 bits per heavy atom. The molecule has 0 aromatic heterocycles. The first-order valence-corrected chi connectivity index (χ1v) is 6.22. The Morgan fingerprint density at radius 2 is 2.21 bits per heavy atom. The molecule has 112 valence electrons. The minimum Gasteiger partial charge on any atom is -0.378 e. The average molecular weight is 283 g/mol. The second-order valence-electron chi connectivity index (χ2n) is 4.57. The topological polar surface area (TPSA) is 67.6 Å². The van der Waals surface area contributed by atoms with Gasteiger partial charge in [-0.1, -0.05) is 0 Å². The van der Waals surface area contributed by atoms with Crippen LogP contribution in [0.1, 0.15) is 13.8 Å². The van der Waals surface area contributed by atoms with Crippen molar-refractivity contribution in [3.8, 4) is 0 Å². The van der Waals surface area contributed by atoms with Gasteiger partial charge in [-0.2, -0.15) is 13.2 Å². The van der Waals surface area contributed by atoms with Gasteiger partial charge in [-0.15, -0.1) is 0 Å². The number of hydrogen-bond acceptors (Lipinski definition) is 4. The Kier molecular flexibility index (Phi) is 5.57. The van der Waals surface area contributed by atoms with Crippen molar-refractivity contribution in [1.82, 2.24) is 10.2 Å². The van der Waals surface area contributed by atoms with Gasteiger partial charge in [-0.3, -0.25) is 9.69 Å². The van der Waals surface area contributed by atoms with Gasteiger partial charge in [-0.05, 0) is 13.8 Å². The molecule has 0 saturated carbocycles. The Morgan fingerprint density at radius 3 is 2.68 bits per heavy atom. The maximum absolute atomic E-state index is 13.1. The van der Waals surface area contributed by atoms with Crippen molar-refractivity contribution in [2.75, 3.05) is 26.3 Å². The molecule has 1 saturated heterocycles. The quantitative estimate of drug-likeness (QED) is 0.768. The number of morpholine rings is 1. The van der Waals surface area contributed by atoms with Crippen LogP contribution in [-0.4, -0.2) is 61.4 Å². The molecule has 1 amide bonds. The van der Waals surface area contributed by atoms with E-state index >= 15 is 0 Å². The van der Waals surface area contributed by atoms with Gasteiger partial charge in [0.05, 0.1) is 13.2 Å². The van der Waals surface area contributed by atoms with Crippen LogP contribution in [0.2, 0.25) is 0 Å². The Labute approximate surface area is 110 Å². The number of carbonyl (C=O) groups excluding carboxylic acids is 1. The molecule has 0 radical (unpaired) electrons. The van der Waals surface area contributed by atoms with Gasteiger partial charge >= 0.3 is 6.18 Å². The van der Waals surface area contributed by atoms with Crippen LogP contribution >= 0.6 is 0 Å². The van der Waals surface area contributed by atoms with Gasteiger partial charge < -0.3 is 15.8 Å². The first-order valence-electron chi connectivity index (χ1n) is 6.22. The smallest absolute Gasteiger partial charge is 0.378 e. The normalized spacial score (nSPS) is 24.8. The summed E-state index contributed by atoms with van der Waals surface area (Å²) in [7, 11) is 0. The predicted octanol–water partition coefficient (Wildman–Crippen LogP) is 0.101. The highest BCUT2D eigenvalue weighted by Gasteiger charge is 2.49. The summed E-state index contributed by atoms with van der Waals surface area (Å²) in [5, 5.41) is 2.52. The van der Waals surface area contributed by atoms with Crippen molar-refractivity contribution < 1.29 is 22.7 Å². The third-order valence-corrected chi connectivity index (χ3v) is 3.01. The number of halogens is 3. The van der Waals surface area contributed by atoms with Crippen LogP contribution in [-0.2, 0) is 9.53 Å². The zero-order chi connectivity index (χ0) is 14.6. The Hall–Kier alpha value is -0.860. The van der Waals surface area contributed by atoms with Gasteiger partial charge in [0.25, 0.3) is 0 Å². The van der Waals surface area contributed by atoms with Crippen LogP contribution in [0.15, 0.2) is 0 Å². The van der Waals surface area contributed by atoms with E-state index in [-0.39, 0.29) is 19.8 Å². The third kappa shape index (κ3) is 4.05. The van der Waals surface area contributed by atoms with Gasteiger partial charge in [0.15, 0.2) is 0 Å². The lowest BCUT2D eigenvalue weighted by molar-refractivity contribution is -0.205. The minimum atomic E-state index is -4.48. The van der Waals surface area contributed by atoms with E-state index in [4.69, 9.17) is 10.5 Å². The van der Waals surface area contributed by atoms with Crippen molar-refractivity contribution in [3.63, 3.8) is 0 Å². The van der Waals surface area contributed by atoms with Crippen LogP contribution in [0.25, 0.3) is 0 Å². The minimum absolute atomic E-state index is 0.0352. The molecule has 5 nitrogen and oxygen atoms in total. The number of ether oxygens (including phenoxy) is 1. The highest BCUT2D eigenvalue weighted by Crippen LogP contribution is 2.29. The molecule has 0 aromatic rings. The van der Waals surface area contributed by atoms with Crippen LogP contribution in [0, 0.1) is 0 Å². The molecule has 1 aliphatic rings. The first-order chi connectivity index (χ1) is 8.79. The van der Waals surface area contributed by atoms with Gasteiger partial charge in [0.1, 0.15) is 12.1 Å². The molecule has 8 heteroatoms. The molecule has 1 heterocycles. The van der Waals surface area contributed by atoms with Crippen LogP contribution < -0.4 is 11.1 Å². The zero-order valence-electron chi connectivity index (χ0n) is 11.0. The summed E-state index contributed by atoms with van der Waals surface area (Å²) < 4.78 is 44.4. The number of amides is 1. The number of nitrogens with one attached hydrogen (secondary N) is 1. The summed E-state index contributed by atoms with van der Waals surface area (Å²) in [4.78, 5) is 12.9. The highest BCUT2D eigenvalue weighted by atomic mass is 19.4. The fraction of sp³-hybridized carbons (Fsp3) is 0.909. The molecule has 19 heavy (non-hydrogen) atoms. The molecule has 1 fully saturated rings. The van der Waals surface area contributed by atoms with Crippen LogP contribution in [0.4, 0.5) is 13.2 Å². The highest BCUT2D eigenvalue weighted by molar-refractivity contribution is 5.82. The summed E-state index contributed by atoms with van der Waals surface area (Å²) in [6.45, 7) is 3.51. The number of nitrogens with two attached hydrogens (primary N) is 1. The predicted molar refractivity (Wildman–Crippen MR) is 63.5 cm³/mol. The van der Waals surface area contributed by atoms with Crippen molar-refractivity contribution >= 4 is 5.91 Å². The summed E-state index contributed by atoms with van der Waals surface area (Å²) in [5.74, 6) is -0.461. The summed E-state index contributed by atoms with van der Waals surface area (Å²) >= 11 is 0. The maximum atomic E-state index is 13.1. The van der Waals surface area contributed by atoms with Crippen LogP contribution in [0.3, 0.4) is 0 Å². The van der Waals surface area contributed by atoms with Crippen molar-refractivity contribution in [2.45, 2.75) is 38.1 Å². The first kappa shape index (κ1) is 16.2. The van der Waals surface area contributed by atoms with Crippen molar-refractivity contribution in [1.29, 1.82) is 0 Å². The van der Waals surface area contributed by atoms with E-state index in [1.165, 1.54) is 6.92 Å². The van der Waals surface area contributed by atoms with E-state index in [1.807, 2.05) is 0 Å². The van der Waals surface area contributed by atoms with E-state index in [1.54, 1.807) is 6.92 Å². The molecule has 0 spiro atoms. The standard InChI is InChI=1S/C11H20F3N3O2/c1-3-16-10(18)8-6-19-5-4-17(8)9(7(2)15)11(12,13)14/h7-9H,3-6,15H2,1-2H3,(H,16,18). The largest absolute Gasteiger partial charge is 0.405 e. The lowest BCUT2D eigenvalue weighted by atomic mass is 10.0. The summed E-state index contributed by atoms with van der Waals surface area (Å²) in [6, 6.07) is -3.91. The molecule has 1 rings (SSSR count). The third-order valence-electron chi connectivity index (χ3n) is 3.01. The molecule has 0 bridgehead atoms. The lowest BCUT2D eigenvalue weighted by Gasteiger charge is -2.42. The molecule has 3 N–H and O–H groups in total. The fourth-order valence-electron chi connectivity index (χ4n) is 2.26. The Balaban J connectivity index is 2.93. The number of nitrogens with zero attached hydrogens (tertiary/aromatic N) is 1. The number of alkyl halides is 3. The lowest BCUT2D eigenvalue weighted by Crippen LogP contribution is -2.64. The second kappa shape index (κ2) is 6.53. The Bertz CT molecular complexity index is 310. The van der Waals surface area contributed by atoms with Gasteiger partial charge in [-0.25, -0.2) is 0 Å². The van der Waals surface area contributed by atoms with E-state index < -0.39 is 30.2 Å². The number of rotatable bonds is 4. The molecule has 3 unspecified atom stereocenters. The second-order valence-corrected chi connectivity index (χ2v) is 4.57. The molecule has 0 aromatic carbocycles. The number of hydrogen-bond donors (Lipinski definition) is 2. The van der Waals surface area contributed by atoms with E-state index in [0.717, 1.165) is 4.90 Å². The van der Waals surface area contributed by atoms with E-state index in [9.17, 15) is 18.0 Å². The monoisotopic (exact) mass is 283 g/mol. The van der Waals surface area contributed by atoms with E-state index in [0.29, 0.717) is 6.54 Å². The molecular weight excluding hydrogens is 263 g/mol. The molecule has 3 atom stereocenters. The van der Waals surface area contributed by atoms with Crippen LogP contribution in [0.5, 0.6) is 0 Å². The van der Waals surface area contributed by atoms with Gasteiger partial charge in [0.2, 0.25) is 5.91 Å². The average Bonchev–Trinajstić information content (AvgIpc) is 2.27. The molecular formula is C11H20F3N3O2. The SMILES string of the molecule is CCNC(=O)C1COCCN1C(C(C)N)C(F)(F)F. The molecule has 0 aliphatic carbocycles. The number of likely N-dealkylation sites (N-methyl/N-ethyl adjacent to an activating group) is 1. The van der Waals surface area contributed by atoms with E-state index in [2.05, 4.69) is 5.32 Å². The van der Waals surface area contributed by atoms with Gasteiger partial charge in [0, 0.05) is 19.1 Å². The number of carbonyl (C=O) groups is 1. The van der Waals surface area contributed by atoms with Crippen molar-refractivity contribution in [2.24, 2.45) is 5.73 Å². The molecule has 1 aliphatic heterocycles. The summed E-state index contributed by atoms with van der Waals surface area (Å²) in [5.41, 5.74) is 5.46. The van der Waals surface area contributed by atoms with Crippen molar-refractivity contribution in [3.05, 3.63) is 0 Å². The zero-order valence-corrected chi connectivity index (χ0v) is 11.0.